The van der Waals surface area contributed by atoms with Crippen LogP contribution in [-0.2, 0) is 16.9 Å². The van der Waals surface area contributed by atoms with Crippen LogP contribution in [0.4, 0.5) is 15.9 Å². The molecule has 0 bridgehead atoms. The fourth-order valence-electron chi connectivity index (χ4n) is 3.12. The third kappa shape index (κ3) is 5.62. The second-order valence-corrected chi connectivity index (χ2v) is 8.74. The normalized spacial score (nSPS) is 19.1. The van der Waals surface area contributed by atoms with Crippen molar-refractivity contribution in [3.05, 3.63) is 52.4 Å². The molecular formula is C21H26ClFN4OS. The van der Waals surface area contributed by atoms with E-state index in [4.69, 9.17) is 22.1 Å². The Morgan fingerprint density at radius 1 is 1.38 bits per heavy atom. The topological polar surface area (TPSA) is 72.5 Å². The lowest BCUT2D eigenvalue weighted by molar-refractivity contribution is 0.118. The first-order valence-corrected chi connectivity index (χ1v) is 11.0. The van der Waals surface area contributed by atoms with Gasteiger partial charge in [-0.05, 0) is 49.6 Å². The first kappa shape index (κ1) is 21.9. The number of pyridine rings is 1. The SMILES string of the molecule is CCCCOCc1cnc(Nc2ccc(F)c([C@]3(C)CCSC(N)=N3)c2)c(Cl)c1. The van der Waals surface area contributed by atoms with Crippen LogP contribution in [0.1, 0.15) is 44.2 Å². The van der Waals surface area contributed by atoms with Crippen LogP contribution in [0, 0.1) is 5.82 Å². The Kier molecular flexibility index (Phi) is 7.38. The van der Waals surface area contributed by atoms with E-state index in [-0.39, 0.29) is 5.82 Å². The predicted molar refractivity (Wildman–Crippen MR) is 120 cm³/mol. The van der Waals surface area contributed by atoms with Gasteiger partial charge in [-0.15, -0.1) is 0 Å². The lowest BCUT2D eigenvalue weighted by atomic mass is 9.89. The summed E-state index contributed by atoms with van der Waals surface area (Å²) in [5.74, 6) is 1.01. The molecule has 2 aromatic rings. The second-order valence-electron chi connectivity index (χ2n) is 7.22. The first-order chi connectivity index (χ1) is 13.9. The maximum atomic E-state index is 14.6. The Morgan fingerprint density at radius 3 is 2.93 bits per heavy atom. The molecular weight excluding hydrogens is 411 g/mol. The number of amidine groups is 1. The number of nitrogens with zero attached hydrogens (tertiary/aromatic N) is 2. The molecule has 1 aromatic carbocycles. The number of aromatic nitrogens is 1. The van der Waals surface area contributed by atoms with Crippen molar-refractivity contribution in [3.8, 4) is 0 Å². The number of nitrogens with one attached hydrogen (secondary N) is 1. The van der Waals surface area contributed by atoms with Crippen molar-refractivity contribution in [3.63, 3.8) is 0 Å². The van der Waals surface area contributed by atoms with Crippen molar-refractivity contribution in [2.24, 2.45) is 10.7 Å². The van der Waals surface area contributed by atoms with Crippen LogP contribution >= 0.6 is 23.4 Å². The van der Waals surface area contributed by atoms with Crippen LogP contribution in [-0.4, -0.2) is 22.5 Å². The molecule has 3 N–H and O–H groups in total. The molecule has 0 amide bonds. The Labute approximate surface area is 180 Å². The van der Waals surface area contributed by atoms with Gasteiger partial charge in [0.15, 0.2) is 5.17 Å². The van der Waals surface area contributed by atoms with Crippen molar-refractivity contribution in [1.29, 1.82) is 0 Å². The Hall–Kier alpha value is -1.83. The number of nitrogens with two attached hydrogens (primary N) is 1. The molecule has 0 saturated heterocycles. The van der Waals surface area contributed by atoms with Gasteiger partial charge in [0.25, 0.3) is 0 Å². The summed E-state index contributed by atoms with van der Waals surface area (Å²) in [7, 11) is 0. The Bertz CT molecular complexity index is 895. The number of anilines is 2. The van der Waals surface area contributed by atoms with Gasteiger partial charge >= 0.3 is 0 Å². The molecule has 0 saturated carbocycles. The molecule has 0 spiro atoms. The Morgan fingerprint density at radius 2 is 2.21 bits per heavy atom. The number of halogens is 2. The van der Waals surface area contributed by atoms with Crippen LogP contribution in [0.25, 0.3) is 0 Å². The van der Waals surface area contributed by atoms with E-state index in [9.17, 15) is 4.39 Å². The van der Waals surface area contributed by atoms with Crippen molar-refractivity contribution in [2.75, 3.05) is 17.7 Å². The third-order valence-corrected chi connectivity index (χ3v) is 5.90. The zero-order valence-electron chi connectivity index (χ0n) is 16.7. The molecule has 156 valence electrons. The minimum absolute atomic E-state index is 0.305. The number of unbranched alkanes of at least 4 members (excludes halogenated alkanes) is 1. The molecule has 1 aliphatic rings. The van der Waals surface area contributed by atoms with Gasteiger partial charge in [0.05, 0.1) is 17.2 Å². The highest BCUT2D eigenvalue weighted by Gasteiger charge is 2.32. The molecule has 0 unspecified atom stereocenters. The molecule has 5 nitrogen and oxygen atoms in total. The molecule has 29 heavy (non-hydrogen) atoms. The van der Waals surface area contributed by atoms with E-state index in [1.54, 1.807) is 18.3 Å². The number of thioether (sulfide) groups is 1. The van der Waals surface area contributed by atoms with E-state index in [2.05, 4.69) is 22.2 Å². The second kappa shape index (κ2) is 9.78. The highest BCUT2D eigenvalue weighted by Crippen LogP contribution is 2.38. The average molecular weight is 437 g/mol. The molecule has 0 aliphatic carbocycles. The zero-order chi connectivity index (χ0) is 20.9. The largest absolute Gasteiger partial charge is 0.379 e. The summed E-state index contributed by atoms with van der Waals surface area (Å²) < 4.78 is 20.2. The summed E-state index contributed by atoms with van der Waals surface area (Å²) in [6, 6.07) is 6.67. The molecule has 8 heteroatoms. The fourth-order valence-corrected chi connectivity index (χ4v) is 4.33. The van der Waals surface area contributed by atoms with Gasteiger partial charge in [0.1, 0.15) is 11.6 Å². The van der Waals surface area contributed by atoms with Crippen molar-refractivity contribution < 1.29 is 9.13 Å². The van der Waals surface area contributed by atoms with E-state index in [1.807, 2.05) is 13.0 Å². The molecule has 1 aliphatic heterocycles. The summed E-state index contributed by atoms with van der Waals surface area (Å²) in [6.45, 7) is 5.22. The summed E-state index contributed by atoms with van der Waals surface area (Å²) >= 11 is 7.88. The number of hydrogen-bond donors (Lipinski definition) is 2. The fraction of sp³-hybridized carbons (Fsp3) is 0.429. The van der Waals surface area contributed by atoms with Gasteiger partial charge in [-0.3, -0.25) is 4.99 Å². The Balaban J connectivity index is 1.76. The smallest absolute Gasteiger partial charge is 0.154 e. The lowest BCUT2D eigenvalue weighted by Crippen LogP contribution is -2.29. The van der Waals surface area contributed by atoms with E-state index in [1.165, 1.54) is 17.8 Å². The summed E-state index contributed by atoms with van der Waals surface area (Å²) in [5, 5.41) is 4.14. The van der Waals surface area contributed by atoms with Gasteiger partial charge in [-0.25, -0.2) is 9.37 Å². The maximum absolute atomic E-state index is 14.6. The monoisotopic (exact) mass is 436 g/mol. The van der Waals surface area contributed by atoms with Gasteiger partial charge in [-0.1, -0.05) is 36.7 Å². The van der Waals surface area contributed by atoms with Crippen LogP contribution in [0.2, 0.25) is 5.02 Å². The molecule has 0 fully saturated rings. The van der Waals surface area contributed by atoms with Gasteiger partial charge in [0, 0.05) is 29.8 Å². The summed E-state index contributed by atoms with van der Waals surface area (Å²) in [6.07, 6.45) is 4.57. The van der Waals surface area contributed by atoms with E-state index in [0.717, 1.165) is 30.8 Å². The van der Waals surface area contributed by atoms with Crippen LogP contribution in [0.5, 0.6) is 0 Å². The molecule has 2 heterocycles. The highest BCUT2D eigenvalue weighted by molar-refractivity contribution is 8.13. The van der Waals surface area contributed by atoms with Crippen molar-refractivity contribution in [2.45, 2.75) is 45.3 Å². The summed E-state index contributed by atoms with van der Waals surface area (Å²) in [5.41, 5.74) is 7.30. The van der Waals surface area contributed by atoms with Crippen LogP contribution < -0.4 is 11.1 Å². The third-order valence-electron chi connectivity index (χ3n) is 4.81. The van der Waals surface area contributed by atoms with E-state index >= 15 is 0 Å². The van der Waals surface area contributed by atoms with Crippen molar-refractivity contribution >= 4 is 40.0 Å². The number of rotatable bonds is 8. The van der Waals surface area contributed by atoms with Crippen LogP contribution in [0.15, 0.2) is 35.5 Å². The lowest BCUT2D eigenvalue weighted by Gasteiger charge is -2.30. The molecule has 0 radical (unpaired) electrons. The highest BCUT2D eigenvalue weighted by atomic mass is 35.5. The number of ether oxygens (including phenoxy) is 1. The number of aliphatic imine (C=N–C) groups is 1. The maximum Gasteiger partial charge on any atom is 0.154 e. The van der Waals surface area contributed by atoms with Gasteiger partial charge in [-0.2, -0.15) is 0 Å². The molecule has 3 rings (SSSR count). The number of hydrogen-bond acceptors (Lipinski definition) is 6. The van der Waals surface area contributed by atoms with Crippen LogP contribution in [0.3, 0.4) is 0 Å². The van der Waals surface area contributed by atoms with E-state index in [0.29, 0.717) is 40.3 Å². The molecule has 1 atom stereocenters. The standard InChI is InChI=1S/C21H26ClFN4OS/c1-3-4-8-28-13-14-10-17(22)19(25-12-14)26-15-5-6-18(23)16(11-15)21(2)7-9-29-20(24)27-21/h5-6,10-12H,3-4,7-9,13H2,1-2H3,(H2,24,27)(H,25,26)/t21-/m0/s1. The average Bonchev–Trinajstić information content (AvgIpc) is 2.68. The molecule has 1 aromatic heterocycles. The van der Waals surface area contributed by atoms with Gasteiger partial charge < -0.3 is 15.8 Å². The predicted octanol–water partition coefficient (Wildman–Crippen LogP) is 5.60. The minimum Gasteiger partial charge on any atom is -0.379 e. The summed E-state index contributed by atoms with van der Waals surface area (Å²) in [4.78, 5) is 8.90. The van der Waals surface area contributed by atoms with E-state index < -0.39 is 5.54 Å². The number of benzene rings is 1. The van der Waals surface area contributed by atoms with Crippen molar-refractivity contribution in [1.82, 2.24) is 4.98 Å². The first-order valence-electron chi connectivity index (χ1n) is 9.68. The van der Waals surface area contributed by atoms with Gasteiger partial charge in [0.2, 0.25) is 0 Å². The minimum atomic E-state index is -0.686. The quantitative estimate of drug-likeness (QED) is 0.527. The zero-order valence-corrected chi connectivity index (χ0v) is 18.2.